The predicted molar refractivity (Wildman–Crippen MR) is 150 cm³/mol. The maximum Gasteiger partial charge on any atom is 0.228 e. The van der Waals surface area contributed by atoms with E-state index < -0.39 is 9.96 Å². The number of amides is 1. The number of benzene rings is 1. The van der Waals surface area contributed by atoms with Crippen molar-refractivity contribution in [2.75, 3.05) is 12.4 Å². The molecular formula is C25H40Cl3N3O2S. The molecule has 1 aromatic carbocycles. The Bertz CT molecular complexity index is 717. The van der Waals surface area contributed by atoms with Crippen LogP contribution in [0.15, 0.2) is 24.3 Å². The van der Waals surface area contributed by atoms with E-state index in [1.54, 1.807) is 13.2 Å². The molecular weight excluding hydrogens is 513 g/mol. The second-order valence-electron chi connectivity index (χ2n) is 8.48. The molecule has 3 N–H and O–H groups in total. The van der Waals surface area contributed by atoms with Gasteiger partial charge in [-0.3, -0.25) is 4.79 Å². The normalized spacial score (nSPS) is 12.1. The summed E-state index contributed by atoms with van der Waals surface area (Å²) < 4.78 is 3.52. The largest absolute Gasteiger partial charge is 0.495 e. The number of ether oxygens (including phenoxy) is 1. The van der Waals surface area contributed by atoms with E-state index in [2.05, 4.69) is 22.9 Å². The van der Waals surface area contributed by atoms with Crippen molar-refractivity contribution >= 4 is 63.7 Å². The highest BCUT2D eigenvalue weighted by Crippen LogP contribution is 2.29. The Kier molecular flexibility index (Phi) is 16.8. The second-order valence-corrected chi connectivity index (χ2v) is 11.3. The van der Waals surface area contributed by atoms with Crippen molar-refractivity contribution < 1.29 is 9.53 Å². The van der Waals surface area contributed by atoms with Gasteiger partial charge in [0.25, 0.3) is 0 Å². The Morgan fingerprint density at radius 1 is 0.912 bits per heavy atom. The number of unbranched alkanes of at least 4 members (excludes halogenated alkanes) is 11. The standard InChI is InChI=1S/C25H40Cl3N3O2S/c1-3-4-5-6-7-8-9-10-11-12-13-14-19-22(32)30-23(25(26,27)28)31-24(34)29-20-17-15-16-18-21(20)33-2/h15-18,23H,3-14,19H2,1-2H3,(H,30,32)(H2,29,31,34). The topological polar surface area (TPSA) is 62.4 Å². The van der Waals surface area contributed by atoms with Gasteiger partial charge in [0.1, 0.15) is 11.9 Å². The summed E-state index contributed by atoms with van der Waals surface area (Å²) in [5.74, 6) is 0.434. The minimum Gasteiger partial charge on any atom is -0.495 e. The van der Waals surface area contributed by atoms with Crippen LogP contribution in [-0.2, 0) is 4.79 Å². The number of thiocarbonyl (C=S) groups is 1. The molecule has 194 valence electrons. The van der Waals surface area contributed by atoms with E-state index in [4.69, 9.17) is 51.8 Å². The molecule has 0 aliphatic carbocycles. The third kappa shape index (κ3) is 14.4. The van der Waals surface area contributed by atoms with Crippen molar-refractivity contribution in [3.8, 4) is 5.75 Å². The summed E-state index contributed by atoms with van der Waals surface area (Å²) in [6, 6.07) is 7.30. The number of carbonyl (C=O) groups is 1. The van der Waals surface area contributed by atoms with Crippen LogP contribution in [0.3, 0.4) is 0 Å². The first-order valence-corrected chi connectivity index (χ1v) is 13.9. The van der Waals surface area contributed by atoms with Crippen LogP contribution >= 0.6 is 47.0 Å². The van der Waals surface area contributed by atoms with Gasteiger partial charge in [-0.15, -0.1) is 0 Å². The Hall–Kier alpha value is -0.950. The van der Waals surface area contributed by atoms with Crippen molar-refractivity contribution in [3.05, 3.63) is 24.3 Å². The zero-order valence-electron chi connectivity index (χ0n) is 20.4. The van der Waals surface area contributed by atoms with Crippen molar-refractivity contribution in [2.24, 2.45) is 0 Å². The number of alkyl halides is 3. The Morgan fingerprint density at radius 3 is 1.97 bits per heavy atom. The van der Waals surface area contributed by atoms with E-state index >= 15 is 0 Å². The lowest BCUT2D eigenvalue weighted by atomic mass is 10.0. The molecule has 9 heteroatoms. The van der Waals surface area contributed by atoms with Crippen LogP contribution < -0.4 is 20.7 Å². The highest BCUT2D eigenvalue weighted by molar-refractivity contribution is 7.80. The molecule has 0 spiro atoms. The molecule has 1 unspecified atom stereocenters. The Morgan fingerprint density at radius 2 is 1.44 bits per heavy atom. The van der Waals surface area contributed by atoms with E-state index in [1.807, 2.05) is 18.2 Å². The first-order valence-electron chi connectivity index (χ1n) is 12.3. The number of rotatable bonds is 17. The molecule has 0 aromatic heterocycles. The average Bonchev–Trinajstić information content (AvgIpc) is 2.79. The summed E-state index contributed by atoms with van der Waals surface area (Å²) in [6.07, 6.45) is 14.3. The molecule has 34 heavy (non-hydrogen) atoms. The quantitative estimate of drug-likeness (QED) is 0.0794. The lowest BCUT2D eigenvalue weighted by molar-refractivity contribution is -0.122. The highest BCUT2D eigenvalue weighted by atomic mass is 35.6. The van der Waals surface area contributed by atoms with Gasteiger partial charge in [-0.05, 0) is 30.8 Å². The van der Waals surface area contributed by atoms with E-state index in [0.29, 0.717) is 17.9 Å². The van der Waals surface area contributed by atoms with Crippen molar-refractivity contribution in [2.45, 2.75) is 100 Å². The SMILES string of the molecule is CCCCCCCCCCCCCCC(=O)NC(NC(=S)Nc1ccccc1OC)C(Cl)(Cl)Cl. The van der Waals surface area contributed by atoms with E-state index in [1.165, 1.54) is 57.8 Å². The second kappa shape index (κ2) is 18.3. The lowest BCUT2D eigenvalue weighted by Crippen LogP contribution is -2.56. The Balaban J connectivity index is 2.27. The summed E-state index contributed by atoms with van der Waals surface area (Å²) in [5, 5.41) is 8.81. The van der Waals surface area contributed by atoms with Crippen molar-refractivity contribution in [3.63, 3.8) is 0 Å². The summed E-state index contributed by atoms with van der Waals surface area (Å²) >= 11 is 23.5. The van der Waals surface area contributed by atoms with Crippen LogP contribution in [0.5, 0.6) is 5.75 Å². The van der Waals surface area contributed by atoms with Crippen LogP contribution in [0.25, 0.3) is 0 Å². The van der Waals surface area contributed by atoms with Gasteiger partial charge < -0.3 is 20.7 Å². The third-order valence-corrected chi connectivity index (χ3v) is 6.40. The van der Waals surface area contributed by atoms with Gasteiger partial charge in [-0.25, -0.2) is 0 Å². The molecule has 0 fully saturated rings. The molecule has 0 saturated heterocycles. The van der Waals surface area contributed by atoms with E-state index in [9.17, 15) is 4.79 Å². The zero-order valence-corrected chi connectivity index (χ0v) is 23.5. The molecule has 1 aromatic rings. The molecule has 1 rings (SSSR count). The van der Waals surface area contributed by atoms with Crippen LogP contribution in [0.2, 0.25) is 0 Å². The van der Waals surface area contributed by atoms with Gasteiger partial charge >= 0.3 is 0 Å². The number of nitrogens with one attached hydrogen (secondary N) is 3. The molecule has 0 saturated carbocycles. The van der Waals surface area contributed by atoms with Crippen LogP contribution in [0.4, 0.5) is 5.69 Å². The van der Waals surface area contributed by atoms with Gasteiger partial charge in [0.2, 0.25) is 9.70 Å². The molecule has 0 radical (unpaired) electrons. The van der Waals surface area contributed by atoms with Gasteiger partial charge in [0, 0.05) is 6.42 Å². The summed E-state index contributed by atoms with van der Waals surface area (Å²) in [7, 11) is 1.57. The van der Waals surface area contributed by atoms with Crippen molar-refractivity contribution in [1.29, 1.82) is 0 Å². The maximum atomic E-state index is 12.4. The number of hydrogen-bond acceptors (Lipinski definition) is 3. The lowest BCUT2D eigenvalue weighted by Gasteiger charge is -2.28. The molecule has 1 amide bonds. The van der Waals surface area contributed by atoms with Gasteiger partial charge in [-0.2, -0.15) is 0 Å². The predicted octanol–water partition coefficient (Wildman–Crippen LogP) is 7.89. The maximum absolute atomic E-state index is 12.4. The summed E-state index contributed by atoms with van der Waals surface area (Å²) in [4.78, 5) is 12.4. The number of hydrogen-bond donors (Lipinski definition) is 3. The fourth-order valence-electron chi connectivity index (χ4n) is 3.60. The minimum absolute atomic E-state index is 0.184. The third-order valence-electron chi connectivity index (χ3n) is 5.52. The summed E-state index contributed by atoms with van der Waals surface area (Å²) in [6.45, 7) is 2.25. The number of para-hydroxylation sites is 2. The highest BCUT2D eigenvalue weighted by Gasteiger charge is 2.34. The Labute approximate surface area is 226 Å². The molecule has 1 atom stereocenters. The van der Waals surface area contributed by atoms with E-state index in [-0.39, 0.29) is 11.0 Å². The zero-order chi connectivity index (χ0) is 25.2. The number of carbonyl (C=O) groups excluding carboxylic acids is 1. The van der Waals surface area contributed by atoms with Crippen LogP contribution in [-0.4, -0.2) is 28.1 Å². The first-order chi connectivity index (χ1) is 16.3. The minimum atomic E-state index is -1.78. The molecule has 0 bridgehead atoms. The van der Waals surface area contributed by atoms with E-state index in [0.717, 1.165) is 19.3 Å². The van der Waals surface area contributed by atoms with Gasteiger partial charge in [-0.1, -0.05) is 124 Å². The molecule has 0 aliphatic heterocycles. The number of methoxy groups -OCH3 is 1. The molecule has 5 nitrogen and oxygen atoms in total. The van der Waals surface area contributed by atoms with Gasteiger partial charge in [0.05, 0.1) is 12.8 Å². The number of halogens is 3. The van der Waals surface area contributed by atoms with Crippen LogP contribution in [0.1, 0.15) is 90.4 Å². The molecule has 0 aliphatic rings. The molecule has 0 heterocycles. The monoisotopic (exact) mass is 551 g/mol. The fourth-order valence-corrected chi connectivity index (χ4v) is 4.15. The van der Waals surface area contributed by atoms with Crippen molar-refractivity contribution in [1.82, 2.24) is 10.6 Å². The smallest absolute Gasteiger partial charge is 0.228 e. The average molecular weight is 553 g/mol. The van der Waals surface area contributed by atoms with Crippen LogP contribution in [0, 0.1) is 0 Å². The number of anilines is 1. The fraction of sp³-hybridized carbons (Fsp3) is 0.680. The van der Waals surface area contributed by atoms with Gasteiger partial charge in [0.15, 0.2) is 5.11 Å². The summed E-state index contributed by atoms with van der Waals surface area (Å²) in [5.41, 5.74) is 0.661. The first kappa shape index (κ1) is 31.1.